The van der Waals surface area contributed by atoms with Gasteiger partial charge in [-0.2, -0.15) is 0 Å². The Labute approximate surface area is 115 Å². The van der Waals surface area contributed by atoms with Crippen molar-refractivity contribution in [3.8, 4) is 0 Å². The molecule has 0 radical (unpaired) electrons. The molecule has 1 amide bonds. The first-order chi connectivity index (χ1) is 8.75. The average Bonchev–Trinajstić information content (AvgIpc) is 2.34. The van der Waals surface area contributed by atoms with Gasteiger partial charge in [0.1, 0.15) is 0 Å². The summed E-state index contributed by atoms with van der Waals surface area (Å²) in [5.41, 5.74) is 1.40. The van der Waals surface area contributed by atoms with Crippen LogP contribution >= 0.6 is 0 Å². The third kappa shape index (κ3) is 4.24. The van der Waals surface area contributed by atoms with Gasteiger partial charge in [-0.1, -0.05) is 26.8 Å². The molecule has 0 heterocycles. The van der Waals surface area contributed by atoms with Crippen molar-refractivity contribution in [1.29, 1.82) is 0 Å². The highest BCUT2D eigenvalue weighted by atomic mass is 16.3. The number of aliphatic hydroxyl groups is 1. The fourth-order valence-corrected chi connectivity index (χ4v) is 1.70. The number of anilines is 1. The lowest BCUT2D eigenvalue weighted by Gasteiger charge is -2.29. The van der Waals surface area contributed by atoms with Crippen molar-refractivity contribution in [2.45, 2.75) is 26.8 Å². The predicted molar refractivity (Wildman–Crippen MR) is 78.6 cm³/mol. The zero-order valence-corrected chi connectivity index (χ0v) is 12.4. The van der Waals surface area contributed by atoms with E-state index in [2.05, 4.69) is 5.32 Å². The molecule has 4 nitrogen and oxygen atoms in total. The highest BCUT2D eigenvalue weighted by Crippen LogP contribution is 2.20. The normalized spacial score (nSPS) is 12.9. The van der Waals surface area contributed by atoms with E-state index in [0.717, 1.165) is 5.69 Å². The van der Waals surface area contributed by atoms with Gasteiger partial charge in [-0.15, -0.1) is 0 Å². The van der Waals surface area contributed by atoms with Gasteiger partial charge in [-0.3, -0.25) is 4.79 Å². The van der Waals surface area contributed by atoms with Crippen molar-refractivity contribution in [2.75, 3.05) is 25.6 Å². The molecule has 0 bridgehead atoms. The second-order valence-corrected chi connectivity index (χ2v) is 6.02. The molecule has 0 unspecified atom stereocenters. The van der Waals surface area contributed by atoms with Gasteiger partial charge >= 0.3 is 0 Å². The molecule has 106 valence electrons. The second kappa shape index (κ2) is 6.06. The first-order valence-electron chi connectivity index (χ1n) is 6.45. The molecular formula is C15H24N2O2. The lowest BCUT2D eigenvalue weighted by molar-refractivity contribution is 0.0848. The van der Waals surface area contributed by atoms with Crippen LogP contribution in [0.25, 0.3) is 0 Å². The van der Waals surface area contributed by atoms with E-state index in [1.807, 2.05) is 58.0 Å². The lowest BCUT2D eigenvalue weighted by Crippen LogP contribution is -2.46. The summed E-state index contributed by atoms with van der Waals surface area (Å²) in [5.74, 6) is -0.155. The summed E-state index contributed by atoms with van der Waals surface area (Å²) in [4.78, 5) is 14.1. The smallest absolute Gasteiger partial charge is 0.251 e. The summed E-state index contributed by atoms with van der Waals surface area (Å²) in [5, 5.41) is 12.3. The molecule has 0 aliphatic heterocycles. The monoisotopic (exact) mass is 264 g/mol. The number of hydrogen-bond donors (Lipinski definition) is 2. The van der Waals surface area contributed by atoms with E-state index < -0.39 is 0 Å². The molecule has 0 aromatic heterocycles. The molecule has 1 atom stereocenters. The average molecular weight is 264 g/mol. The number of amides is 1. The first-order valence-corrected chi connectivity index (χ1v) is 6.45. The SMILES string of the molecule is CN(C)c1cccc(C(=O)N[C@@H](CO)C(C)(C)C)c1. The van der Waals surface area contributed by atoms with E-state index in [-0.39, 0.29) is 24.0 Å². The van der Waals surface area contributed by atoms with Gasteiger partial charge in [0, 0.05) is 25.3 Å². The molecule has 1 aromatic rings. The molecule has 0 aliphatic rings. The van der Waals surface area contributed by atoms with Gasteiger partial charge < -0.3 is 15.3 Å². The van der Waals surface area contributed by atoms with E-state index in [4.69, 9.17) is 0 Å². The van der Waals surface area contributed by atoms with E-state index in [0.29, 0.717) is 5.56 Å². The van der Waals surface area contributed by atoms with Gasteiger partial charge in [0.15, 0.2) is 0 Å². The number of nitrogens with zero attached hydrogens (tertiary/aromatic N) is 1. The highest BCUT2D eigenvalue weighted by molar-refractivity contribution is 5.95. The van der Waals surface area contributed by atoms with Crippen molar-refractivity contribution < 1.29 is 9.90 Å². The first kappa shape index (κ1) is 15.5. The summed E-state index contributed by atoms with van der Waals surface area (Å²) in [6.07, 6.45) is 0. The fourth-order valence-electron chi connectivity index (χ4n) is 1.70. The molecule has 1 aromatic carbocycles. The Bertz CT molecular complexity index is 436. The van der Waals surface area contributed by atoms with Crippen LogP contribution in [0.2, 0.25) is 0 Å². The Kier molecular flexibility index (Phi) is 4.95. The summed E-state index contributed by atoms with van der Waals surface area (Å²) in [7, 11) is 3.87. The lowest BCUT2D eigenvalue weighted by atomic mass is 9.87. The van der Waals surface area contributed by atoms with Crippen LogP contribution in [0.5, 0.6) is 0 Å². The number of aliphatic hydroxyl groups excluding tert-OH is 1. The molecule has 0 spiro atoms. The Hall–Kier alpha value is -1.55. The summed E-state index contributed by atoms with van der Waals surface area (Å²) < 4.78 is 0. The molecule has 1 rings (SSSR count). The van der Waals surface area contributed by atoms with Crippen LogP contribution in [0.1, 0.15) is 31.1 Å². The van der Waals surface area contributed by atoms with Gasteiger partial charge in [0.05, 0.1) is 12.6 Å². The van der Waals surface area contributed by atoms with Crippen molar-refractivity contribution in [1.82, 2.24) is 5.32 Å². The van der Waals surface area contributed by atoms with E-state index in [1.54, 1.807) is 6.07 Å². The maximum atomic E-state index is 12.2. The molecule has 2 N–H and O–H groups in total. The molecule has 4 heteroatoms. The van der Waals surface area contributed by atoms with Crippen molar-refractivity contribution in [2.24, 2.45) is 5.41 Å². The third-order valence-corrected chi connectivity index (χ3v) is 3.16. The molecular weight excluding hydrogens is 240 g/mol. The van der Waals surface area contributed by atoms with Crippen LogP contribution in [-0.2, 0) is 0 Å². The van der Waals surface area contributed by atoms with Gasteiger partial charge in [0.2, 0.25) is 0 Å². The third-order valence-electron chi connectivity index (χ3n) is 3.16. The Balaban J connectivity index is 2.86. The van der Waals surface area contributed by atoms with E-state index >= 15 is 0 Å². The summed E-state index contributed by atoms with van der Waals surface area (Å²) in [6.45, 7) is 5.90. The van der Waals surface area contributed by atoms with Crippen molar-refractivity contribution >= 4 is 11.6 Å². The number of benzene rings is 1. The topological polar surface area (TPSA) is 52.6 Å². The molecule has 0 fully saturated rings. The number of hydrogen-bond acceptors (Lipinski definition) is 3. The summed E-state index contributed by atoms with van der Waals surface area (Å²) >= 11 is 0. The minimum absolute atomic E-state index is 0.0669. The minimum Gasteiger partial charge on any atom is -0.394 e. The van der Waals surface area contributed by atoms with Gasteiger partial charge in [-0.05, 0) is 23.6 Å². The standard InChI is InChI=1S/C15H24N2O2/c1-15(2,3)13(10-18)16-14(19)11-7-6-8-12(9-11)17(4)5/h6-9,13,18H,10H2,1-5H3,(H,16,19)/t13-/m0/s1. The van der Waals surface area contributed by atoms with Crippen molar-refractivity contribution in [3.05, 3.63) is 29.8 Å². The highest BCUT2D eigenvalue weighted by Gasteiger charge is 2.25. The Morgan fingerprint density at radius 2 is 2.00 bits per heavy atom. The largest absolute Gasteiger partial charge is 0.394 e. The van der Waals surface area contributed by atoms with Crippen LogP contribution in [-0.4, -0.2) is 37.8 Å². The predicted octanol–water partition coefficient (Wildman–Crippen LogP) is 1.89. The van der Waals surface area contributed by atoms with Crippen molar-refractivity contribution in [3.63, 3.8) is 0 Å². The fraction of sp³-hybridized carbons (Fsp3) is 0.533. The number of rotatable bonds is 4. The van der Waals surface area contributed by atoms with E-state index in [9.17, 15) is 9.90 Å². The van der Waals surface area contributed by atoms with Crippen LogP contribution in [0.3, 0.4) is 0 Å². The van der Waals surface area contributed by atoms with Gasteiger partial charge in [-0.25, -0.2) is 0 Å². The maximum absolute atomic E-state index is 12.2. The minimum atomic E-state index is -0.261. The Morgan fingerprint density at radius 1 is 1.37 bits per heavy atom. The van der Waals surface area contributed by atoms with Crippen LogP contribution in [0, 0.1) is 5.41 Å². The molecule has 0 saturated carbocycles. The number of nitrogens with one attached hydrogen (secondary N) is 1. The van der Waals surface area contributed by atoms with Crippen LogP contribution in [0.4, 0.5) is 5.69 Å². The zero-order chi connectivity index (χ0) is 14.6. The molecule has 0 aliphatic carbocycles. The maximum Gasteiger partial charge on any atom is 0.251 e. The van der Waals surface area contributed by atoms with Gasteiger partial charge in [0.25, 0.3) is 5.91 Å². The quantitative estimate of drug-likeness (QED) is 0.873. The number of carbonyl (C=O) groups is 1. The van der Waals surface area contributed by atoms with E-state index in [1.165, 1.54) is 0 Å². The molecule has 19 heavy (non-hydrogen) atoms. The number of carbonyl (C=O) groups excluding carboxylic acids is 1. The van der Waals surface area contributed by atoms with Crippen LogP contribution < -0.4 is 10.2 Å². The summed E-state index contributed by atoms with van der Waals surface area (Å²) in [6, 6.07) is 7.16. The second-order valence-electron chi connectivity index (χ2n) is 6.02. The Morgan fingerprint density at radius 3 is 2.47 bits per heavy atom. The molecule has 0 saturated heterocycles. The van der Waals surface area contributed by atoms with Crippen LogP contribution in [0.15, 0.2) is 24.3 Å². The zero-order valence-electron chi connectivity index (χ0n) is 12.4.